The Morgan fingerprint density at radius 2 is 1.71 bits per heavy atom. The SMILES string of the molecule is COc1ccccc1[C@H]1CC(=O)C2=C(C1)NC(C)=C(C(=O)O[C@H]1CCCC[C@@H](OC)C1)[C@H]2c1cccc2[nH]ccc12. The van der Waals surface area contributed by atoms with E-state index < -0.39 is 5.92 Å². The molecule has 4 atom stereocenters. The molecule has 1 fully saturated rings. The zero-order valence-corrected chi connectivity index (χ0v) is 24.0. The maximum atomic E-state index is 14.1. The number of carbonyl (C=O) groups is 2. The maximum Gasteiger partial charge on any atom is 0.337 e. The molecule has 2 aliphatic carbocycles. The Hall–Kier alpha value is -3.84. The van der Waals surface area contributed by atoms with Crippen LogP contribution in [0.5, 0.6) is 5.75 Å². The van der Waals surface area contributed by atoms with Crippen LogP contribution in [0.3, 0.4) is 0 Å². The molecule has 2 N–H and O–H groups in total. The van der Waals surface area contributed by atoms with Crippen LogP contribution < -0.4 is 10.1 Å². The van der Waals surface area contributed by atoms with Crippen LogP contribution in [0.15, 0.2) is 77.3 Å². The third-order valence-electron chi connectivity index (χ3n) is 9.00. The molecule has 1 aliphatic heterocycles. The van der Waals surface area contributed by atoms with Gasteiger partial charge in [0.05, 0.1) is 18.8 Å². The lowest BCUT2D eigenvalue weighted by molar-refractivity contribution is -0.146. The number of carbonyl (C=O) groups excluding carboxylic acids is 2. The first-order valence-electron chi connectivity index (χ1n) is 14.6. The van der Waals surface area contributed by atoms with Gasteiger partial charge in [0.2, 0.25) is 0 Å². The molecule has 41 heavy (non-hydrogen) atoms. The summed E-state index contributed by atoms with van der Waals surface area (Å²) in [5.41, 5.74) is 5.71. The lowest BCUT2D eigenvalue weighted by Gasteiger charge is -2.37. The second-order valence-corrected chi connectivity index (χ2v) is 11.5. The van der Waals surface area contributed by atoms with E-state index in [0.717, 1.165) is 64.9 Å². The van der Waals surface area contributed by atoms with E-state index in [2.05, 4.69) is 10.3 Å². The van der Waals surface area contributed by atoms with Gasteiger partial charge in [0.25, 0.3) is 0 Å². The van der Waals surface area contributed by atoms with Crippen molar-refractivity contribution in [3.8, 4) is 5.75 Å². The molecule has 7 nitrogen and oxygen atoms in total. The average molecular weight is 555 g/mol. The third kappa shape index (κ3) is 5.19. The van der Waals surface area contributed by atoms with Gasteiger partial charge in [0, 0.05) is 65.9 Å². The van der Waals surface area contributed by atoms with Crippen molar-refractivity contribution in [2.45, 2.75) is 75.9 Å². The quantitative estimate of drug-likeness (QED) is 0.270. The summed E-state index contributed by atoms with van der Waals surface area (Å²) < 4.78 is 17.5. The van der Waals surface area contributed by atoms with Crippen molar-refractivity contribution in [2.24, 2.45) is 0 Å². The molecule has 3 aliphatic rings. The van der Waals surface area contributed by atoms with Crippen molar-refractivity contribution in [1.82, 2.24) is 10.3 Å². The molecule has 3 aromatic rings. The van der Waals surface area contributed by atoms with Crippen molar-refractivity contribution in [2.75, 3.05) is 14.2 Å². The van der Waals surface area contributed by atoms with Gasteiger partial charge < -0.3 is 24.5 Å². The number of aromatic nitrogens is 1. The van der Waals surface area contributed by atoms with Gasteiger partial charge in [0.15, 0.2) is 5.78 Å². The summed E-state index contributed by atoms with van der Waals surface area (Å²) in [7, 11) is 3.38. The molecule has 1 saturated carbocycles. The summed E-state index contributed by atoms with van der Waals surface area (Å²) in [6.45, 7) is 1.92. The molecule has 0 radical (unpaired) electrons. The van der Waals surface area contributed by atoms with E-state index in [-0.39, 0.29) is 29.9 Å². The minimum atomic E-state index is -0.520. The van der Waals surface area contributed by atoms with Crippen LogP contribution >= 0.6 is 0 Å². The fraction of sp³-hybridized carbons (Fsp3) is 0.412. The molecule has 0 amide bonds. The molecule has 2 aromatic carbocycles. The number of hydrogen-bond acceptors (Lipinski definition) is 6. The Kier molecular flexibility index (Phi) is 7.71. The van der Waals surface area contributed by atoms with Crippen molar-refractivity contribution < 1.29 is 23.8 Å². The Balaban J connectivity index is 1.41. The second-order valence-electron chi connectivity index (χ2n) is 11.5. The number of H-pyrrole nitrogens is 1. The van der Waals surface area contributed by atoms with Gasteiger partial charge in [-0.05, 0) is 61.9 Å². The number of dihydropyridines is 1. The van der Waals surface area contributed by atoms with E-state index in [1.54, 1.807) is 14.2 Å². The number of esters is 1. The van der Waals surface area contributed by atoms with Crippen LogP contribution in [0.1, 0.15) is 74.8 Å². The highest BCUT2D eigenvalue weighted by atomic mass is 16.5. The highest BCUT2D eigenvalue weighted by Gasteiger charge is 2.43. The average Bonchev–Trinajstić information content (AvgIpc) is 3.35. The number of allylic oxidation sites excluding steroid dienone is 3. The fourth-order valence-electron chi connectivity index (χ4n) is 7.01. The highest BCUT2D eigenvalue weighted by Crippen LogP contribution is 2.48. The summed E-state index contributed by atoms with van der Waals surface area (Å²) in [4.78, 5) is 31.5. The molecule has 2 heterocycles. The monoisotopic (exact) mass is 554 g/mol. The normalized spacial score (nSPS) is 25.0. The lowest BCUT2D eigenvalue weighted by Crippen LogP contribution is -2.37. The van der Waals surface area contributed by atoms with Crippen molar-refractivity contribution in [3.63, 3.8) is 0 Å². The van der Waals surface area contributed by atoms with Gasteiger partial charge in [-0.2, -0.15) is 0 Å². The zero-order valence-electron chi connectivity index (χ0n) is 24.0. The van der Waals surface area contributed by atoms with E-state index in [0.29, 0.717) is 30.4 Å². The van der Waals surface area contributed by atoms with Crippen LogP contribution in [0.4, 0.5) is 0 Å². The number of ether oxygens (including phenoxy) is 3. The van der Waals surface area contributed by atoms with Crippen LogP contribution in [0, 0.1) is 0 Å². The molecule has 0 spiro atoms. The van der Waals surface area contributed by atoms with E-state index in [1.165, 1.54) is 0 Å². The number of aromatic amines is 1. The molecule has 1 aromatic heterocycles. The number of para-hydroxylation sites is 1. The Labute approximate surface area is 240 Å². The summed E-state index contributed by atoms with van der Waals surface area (Å²) in [5.74, 6) is -0.0762. The molecule has 0 saturated heterocycles. The van der Waals surface area contributed by atoms with Gasteiger partial charge in [-0.25, -0.2) is 4.79 Å². The van der Waals surface area contributed by atoms with E-state index >= 15 is 0 Å². The number of benzene rings is 2. The summed E-state index contributed by atoms with van der Waals surface area (Å²) in [5, 5.41) is 4.49. The number of nitrogens with one attached hydrogen (secondary N) is 2. The van der Waals surface area contributed by atoms with Gasteiger partial charge >= 0.3 is 5.97 Å². The maximum absolute atomic E-state index is 14.1. The molecule has 214 valence electrons. The lowest BCUT2D eigenvalue weighted by atomic mass is 9.71. The highest BCUT2D eigenvalue weighted by molar-refractivity contribution is 6.05. The third-order valence-corrected chi connectivity index (χ3v) is 9.00. The van der Waals surface area contributed by atoms with Crippen molar-refractivity contribution >= 4 is 22.7 Å². The van der Waals surface area contributed by atoms with E-state index in [4.69, 9.17) is 14.2 Å². The van der Waals surface area contributed by atoms with Crippen LogP contribution in [0.25, 0.3) is 10.9 Å². The second kappa shape index (κ2) is 11.6. The van der Waals surface area contributed by atoms with Crippen LogP contribution in [-0.4, -0.2) is 43.2 Å². The number of Topliss-reactive ketones (excluding diaryl/α,β-unsaturated/α-hetero) is 1. The van der Waals surface area contributed by atoms with Gasteiger partial charge in [-0.15, -0.1) is 0 Å². The number of rotatable bonds is 6. The summed E-state index contributed by atoms with van der Waals surface area (Å²) in [6.07, 6.45) is 7.31. The fourth-order valence-corrected chi connectivity index (χ4v) is 7.01. The number of ketones is 1. The molecule has 0 unspecified atom stereocenters. The Bertz CT molecular complexity index is 1530. The minimum Gasteiger partial charge on any atom is -0.496 e. The Morgan fingerprint density at radius 1 is 0.927 bits per heavy atom. The van der Waals surface area contributed by atoms with Crippen molar-refractivity contribution in [1.29, 1.82) is 0 Å². The summed E-state index contributed by atoms with van der Waals surface area (Å²) >= 11 is 0. The summed E-state index contributed by atoms with van der Waals surface area (Å²) in [6, 6.07) is 15.9. The minimum absolute atomic E-state index is 0.0214. The topological polar surface area (TPSA) is 89.7 Å². The molecule has 7 heteroatoms. The van der Waals surface area contributed by atoms with Gasteiger partial charge in [0.1, 0.15) is 11.9 Å². The predicted molar refractivity (Wildman–Crippen MR) is 158 cm³/mol. The first-order valence-corrected chi connectivity index (χ1v) is 14.6. The van der Waals surface area contributed by atoms with Crippen LogP contribution in [-0.2, 0) is 19.1 Å². The smallest absolute Gasteiger partial charge is 0.337 e. The zero-order chi connectivity index (χ0) is 28.5. The van der Waals surface area contributed by atoms with E-state index in [9.17, 15) is 9.59 Å². The van der Waals surface area contributed by atoms with E-state index in [1.807, 2.05) is 61.7 Å². The predicted octanol–water partition coefficient (Wildman–Crippen LogP) is 6.43. The number of methoxy groups -OCH3 is 2. The van der Waals surface area contributed by atoms with Crippen molar-refractivity contribution in [3.05, 3.63) is 88.4 Å². The van der Waals surface area contributed by atoms with Gasteiger partial charge in [-0.3, -0.25) is 4.79 Å². The number of hydrogen-bond donors (Lipinski definition) is 2. The Morgan fingerprint density at radius 3 is 2.51 bits per heavy atom. The van der Waals surface area contributed by atoms with Crippen LogP contribution in [0.2, 0.25) is 0 Å². The largest absolute Gasteiger partial charge is 0.496 e. The molecule has 0 bridgehead atoms. The first-order chi connectivity index (χ1) is 20.0. The molecular formula is C34H38N2O5. The molecule has 6 rings (SSSR count). The standard InChI is InChI=1S/C34H38N2O5/c1-20-31(34(38)41-23-10-5-4-9-22(19-23)39-2)32(26-12-8-13-27-25(26)15-16-35-27)33-28(36-20)17-21(18-29(33)37)24-11-6-7-14-30(24)40-3/h6-8,11-16,21-23,32,35-36H,4-5,9-10,17-19H2,1-3H3/t21-,22-,23+,32-/m1/s1. The molecular weight excluding hydrogens is 516 g/mol. The number of fused-ring (bicyclic) bond motifs is 1. The first kappa shape index (κ1) is 27.3. The van der Waals surface area contributed by atoms with Gasteiger partial charge in [-0.1, -0.05) is 36.8 Å².